The SMILES string of the molecule is C=C/C(Cl)=C1\CN(C(C2CCc3c(C#CC(C)(C)S(C)(=O)=O)nc([C@H](Cc4cc(F)cc(F)c4)NC(=O)Cn4nc(C(F)(F)F)c5c4C(F)(F)[C@@H]4CC[C@H]54)c(C)c32)C(F)(F)F)NC1=NS(C)(=O)=O. The highest BCUT2D eigenvalue weighted by atomic mass is 35.5. The number of pyridine rings is 1. The molecule has 4 aliphatic rings. The van der Waals surface area contributed by atoms with Gasteiger partial charge in [-0.25, -0.2) is 35.6 Å². The van der Waals surface area contributed by atoms with Gasteiger partial charge in [-0.2, -0.15) is 40.2 Å². The van der Waals surface area contributed by atoms with Crippen LogP contribution in [-0.2, 0) is 56.1 Å². The Bertz CT molecular complexity index is 2960. The van der Waals surface area contributed by atoms with E-state index in [9.17, 15) is 43.6 Å². The number of benzene rings is 1. The Hall–Kier alpha value is -4.99. The van der Waals surface area contributed by atoms with Crippen LogP contribution in [0.1, 0.15) is 102 Å². The first-order valence-electron chi connectivity index (χ1n) is 20.7. The fraction of sp³-hybridized carbons (Fsp3) is 0.488. The molecule has 68 heavy (non-hydrogen) atoms. The second kappa shape index (κ2) is 17.4. The summed E-state index contributed by atoms with van der Waals surface area (Å²) in [5.74, 6) is -6.69. The van der Waals surface area contributed by atoms with E-state index in [1.165, 1.54) is 20.8 Å². The number of nitrogens with one attached hydrogen (secondary N) is 2. The highest BCUT2D eigenvalue weighted by Gasteiger charge is 2.64. The first-order valence-corrected chi connectivity index (χ1v) is 24.8. The van der Waals surface area contributed by atoms with Crippen molar-refractivity contribution >= 4 is 43.2 Å². The molecule has 3 heterocycles. The third-order valence-corrected chi connectivity index (χ3v) is 15.6. The van der Waals surface area contributed by atoms with Gasteiger partial charge in [0.25, 0.3) is 15.9 Å². The smallest absolute Gasteiger partial charge is 0.346 e. The summed E-state index contributed by atoms with van der Waals surface area (Å²) in [4.78, 5) is 18.7. The van der Waals surface area contributed by atoms with Crippen LogP contribution in [0, 0.1) is 36.3 Å². The Morgan fingerprint density at radius 1 is 1.06 bits per heavy atom. The van der Waals surface area contributed by atoms with Crippen molar-refractivity contribution in [2.75, 3.05) is 19.1 Å². The molecule has 368 valence electrons. The molecule has 1 saturated carbocycles. The molecular weight excluding hydrogens is 984 g/mol. The molecule has 1 aliphatic heterocycles. The standard InChI is InChI=1S/C43H42ClF10N7O5S2/c1-7-29(44)27-18-60(58-39(27)59-68(6,65)66)37(43(52,53)54)26-9-8-25-30(12-13-40(3,4)67(5,63)64)56-35(20(2)33(25)26)31(16-21-14-22(45)17-23(46)15-21)55-32(62)19-61-38-34(36(57-61)42(49,50)51)24-10-11-28(24)41(38,47)48/h7,14-15,17,24,26,28,31,37H,1,8-11,16,18-19H2,2-6H3,(H,55,62)(H,58,59)/b29-27-/t24-,26?,28+,31-,37?/m0/s1. The fourth-order valence-corrected chi connectivity index (χ4v) is 10.2. The molecule has 2 unspecified atom stereocenters. The Kier molecular flexibility index (Phi) is 13.1. The molecule has 25 heteroatoms. The van der Waals surface area contributed by atoms with Crippen molar-refractivity contribution in [1.82, 2.24) is 30.5 Å². The zero-order chi connectivity index (χ0) is 50.4. The van der Waals surface area contributed by atoms with Crippen LogP contribution in [0.5, 0.6) is 0 Å². The minimum Gasteiger partial charge on any atom is -0.346 e. The number of alkyl halides is 8. The molecular formula is C43H42ClF10N7O5S2. The van der Waals surface area contributed by atoms with Crippen molar-refractivity contribution in [3.8, 4) is 11.8 Å². The summed E-state index contributed by atoms with van der Waals surface area (Å²) in [5, 5.41) is 6.36. The van der Waals surface area contributed by atoms with E-state index in [0.29, 0.717) is 17.3 Å². The maximum absolute atomic E-state index is 15.7. The van der Waals surface area contributed by atoms with Crippen LogP contribution >= 0.6 is 11.6 Å². The fourth-order valence-electron chi connectivity index (χ4n) is 9.37. The topological polar surface area (TPSA) is 156 Å². The van der Waals surface area contributed by atoms with Crippen LogP contribution in [0.15, 0.2) is 45.9 Å². The van der Waals surface area contributed by atoms with Crippen molar-refractivity contribution in [3.05, 3.63) is 104 Å². The second-order valence-electron chi connectivity index (χ2n) is 17.8. The summed E-state index contributed by atoms with van der Waals surface area (Å²) in [7, 11) is -8.15. The number of sulfonamides is 1. The number of rotatable bonds is 11. The summed E-state index contributed by atoms with van der Waals surface area (Å²) in [5.41, 5.74) is -1.83. The number of sulfone groups is 1. The predicted molar refractivity (Wildman–Crippen MR) is 228 cm³/mol. The molecule has 5 atom stereocenters. The quantitative estimate of drug-likeness (QED) is 0.146. The predicted octanol–water partition coefficient (Wildman–Crippen LogP) is 7.58. The Balaban J connectivity index is 1.40. The zero-order valence-corrected chi connectivity index (χ0v) is 39.0. The molecule has 2 aromatic heterocycles. The number of carbonyl (C=O) groups excluding carboxylic acids is 1. The van der Waals surface area contributed by atoms with Gasteiger partial charge in [0.05, 0.1) is 18.0 Å². The maximum Gasteiger partial charge on any atom is 0.435 e. The number of fused-ring (bicyclic) bond motifs is 4. The number of hydrogen-bond acceptors (Lipinski definition) is 8. The maximum atomic E-state index is 15.7. The van der Waals surface area contributed by atoms with E-state index in [2.05, 4.69) is 43.6 Å². The molecule has 2 fully saturated rings. The number of nitrogens with zero attached hydrogens (tertiary/aromatic N) is 5. The molecule has 1 amide bonds. The van der Waals surface area contributed by atoms with Crippen molar-refractivity contribution in [3.63, 3.8) is 0 Å². The molecule has 3 aromatic rings. The van der Waals surface area contributed by atoms with Gasteiger partial charge in [-0.3, -0.25) is 9.48 Å². The van der Waals surface area contributed by atoms with Crippen LogP contribution < -0.4 is 10.7 Å². The Morgan fingerprint density at radius 3 is 2.25 bits per heavy atom. The number of allylic oxidation sites excluding steroid dienone is 2. The number of hydrazine groups is 1. The van der Waals surface area contributed by atoms with Gasteiger partial charge in [-0.15, -0.1) is 4.40 Å². The van der Waals surface area contributed by atoms with Gasteiger partial charge in [0.2, 0.25) is 5.91 Å². The Morgan fingerprint density at radius 2 is 1.71 bits per heavy atom. The number of hydrogen-bond donors (Lipinski definition) is 2. The highest BCUT2D eigenvalue weighted by Crippen LogP contribution is 2.64. The number of amidine groups is 1. The molecule has 1 saturated heterocycles. The summed E-state index contributed by atoms with van der Waals surface area (Å²) < 4.78 is 203. The van der Waals surface area contributed by atoms with E-state index in [4.69, 9.17) is 11.6 Å². The van der Waals surface area contributed by atoms with Crippen LogP contribution in [0.4, 0.5) is 43.9 Å². The van der Waals surface area contributed by atoms with Crippen molar-refractivity contribution in [1.29, 1.82) is 0 Å². The van der Waals surface area contributed by atoms with Gasteiger partial charge in [0.1, 0.15) is 40.4 Å². The largest absolute Gasteiger partial charge is 0.435 e. The van der Waals surface area contributed by atoms with E-state index in [1.807, 2.05) is 0 Å². The lowest BCUT2D eigenvalue weighted by molar-refractivity contribution is -0.192. The molecule has 0 bridgehead atoms. The average molecular weight is 1030 g/mol. The third kappa shape index (κ3) is 9.63. The van der Waals surface area contributed by atoms with Gasteiger partial charge >= 0.3 is 12.4 Å². The lowest BCUT2D eigenvalue weighted by atomic mass is 9.73. The minimum atomic E-state index is -5.18. The van der Waals surface area contributed by atoms with E-state index < -0.39 is 133 Å². The molecule has 1 aromatic carbocycles. The van der Waals surface area contributed by atoms with E-state index in [0.717, 1.165) is 24.5 Å². The molecule has 3 aliphatic carbocycles. The first-order chi connectivity index (χ1) is 31.2. The Labute approximate surface area is 389 Å². The average Bonchev–Trinajstić information content (AvgIpc) is 3.90. The molecule has 0 radical (unpaired) electrons. The number of amides is 1. The summed E-state index contributed by atoms with van der Waals surface area (Å²) in [6, 6.07) is -1.90. The van der Waals surface area contributed by atoms with Gasteiger partial charge in [0, 0.05) is 46.9 Å². The van der Waals surface area contributed by atoms with Crippen molar-refractivity contribution in [2.24, 2.45) is 10.3 Å². The van der Waals surface area contributed by atoms with Gasteiger partial charge in [0.15, 0.2) is 21.4 Å². The lowest BCUT2D eigenvalue weighted by Gasteiger charge is -2.35. The van der Waals surface area contributed by atoms with E-state index in [1.54, 1.807) is 0 Å². The van der Waals surface area contributed by atoms with Crippen molar-refractivity contribution < 1.29 is 65.5 Å². The monoisotopic (exact) mass is 1030 g/mol. The summed E-state index contributed by atoms with van der Waals surface area (Å²) in [6.07, 6.45) is -8.72. The summed E-state index contributed by atoms with van der Waals surface area (Å²) >= 11 is 6.28. The third-order valence-electron chi connectivity index (χ3n) is 12.8. The van der Waals surface area contributed by atoms with Gasteiger partial charge < -0.3 is 10.7 Å². The minimum absolute atomic E-state index is 0.0240. The molecule has 12 nitrogen and oxygen atoms in total. The van der Waals surface area contributed by atoms with Crippen LogP contribution in [0.2, 0.25) is 0 Å². The molecule has 7 rings (SSSR count). The zero-order valence-electron chi connectivity index (χ0n) is 36.6. The highest BCUT2D eigenvalue weighted by molar-refractivity contribution is 7.92. The molecule has 0 spiro atoms. The van der Waals surface area contributed by atoms with Crippen LogP contribution in [0.25, 0.3) is 0 Å². The number of halogens is 11. The summed E-state index contributed by atoms with van der Waals surface area (Å²) in [6.45, 7) is 5.46. The first kappa shape index (κ1) is 50.9. The molecule has 2 N–H and O–H groups in total. The van der Waals surface area contributed by atoms with E-state index in [-0.39, 0.29) is 74.6 Å². The lowest BCUT2D eigenvalue weighted by Crippen LogP contribution is -2.53. The van der Waals surface area contributed by atoms with Crippen molar-refractivity contribution in [2.45, 2.75) is 106 Å². The van der Waals surface area contributed by atoms with Gasteiger partial charge in [-0.05, 0) is 99.1 Å². The second-order valence-corrected chi connectivity index (χ2v) is 22.4. The van der Waals surface area contributed by atoms with Crippen LogP contribution in [0.3, 0.4) is 0 Å². The van der Waals surface area contributed by atoms with E-state index >= 15 is 22.0 Å². The van der Waals surface area contributed by atoms with Crippen LogP contribution in [-0.4, -0.2) is 84.4 Å². The normalized spacial score (nSPS) is 22.6. The number of carbonyl (C=O) groups is 1. The van der Waals surface area contributed by atoms with Gasteiger partial charge in [-0.1, -0.05) is 30.2 Å². The number of aromatic nitrogens is 3.